The maximum absolute atomic E-state index is 9.50. The fourth-order valence-corrected chi connectivity index (χ4v) is 2.36. The van der Waals surface area contributed by atoms with E-state index >= 15 is 0 Å². The molecule has 6 heteroatoms. The topological polar surface area (TPSA) is 46.8 Å². The van der Waals surface area contributed by atoms with Crippen molar-refractivity contribution in [3.63, 3.8) is 0 Å². The van der Waals surface area contributed by atoms with E-state index in [1.807, 2.05) is 24.4 Å². The number of imidazole rings is 1. The number of pyridine rings is 1. The highest BCUT2D eigenvalue weighted by Crippen LogP contribution is 2.33. The van der Waals surface area contributed by atoms with Crippen molar-refractivity contribution in [1.82, 2.24) is 9.38 Å². The number of ether oxygens (including phenoxy) is 1. The lowest BCUT2D eigenvalue weighted by molar-refractivity contribution is 0.269. The molecule has 0 aliphatic rings. The number of hydrogen-bond acceptors (Lipinski definition) is 3. The molecule has 102 valence electrons. The zero-order valence-corrected chi connectivity index (χ0v) is 11.8. The second-order valence-electron chi connectivity index (χ2n) is 4.13. The average Bonchev–Trinajstić information content (AvgIpc) is 2.79. The minimum atomic E-state index is -0.189. The number of rotatable bonds is 3. The monoisotopic (exact) mass is 308 g/mol. The summed E-state index contributed by atoms with van der Waals surface area (Å²) in [4.78, 5) is 4.33. The van der Waals surface area contributed by atoms with E-state index in [1.165, 1.54) is 0 Å². The van der Waals surface area contributed by atoms with E-state index in [0.717, 1.165) is 0 Å². The molecule has 0 bridgehead atoms. The van der Waals surface area contributed by atoms with Crippen molar-refractivity contribution in [1.29, 1.82) is 0 Å². The second-order valence-corrected chi connectivity index (χ2v) is 4.97. The van der Waals surface area contributed by atoms with Gasteiger partial charge in [-0.3, -0.25) is 4.40 Å². The Morgan fingerprint density at radius 2 is 2.05 bits per heavy atom. The molecule has 0 saturated carbocycles. The average molecular weight is 309 g/mol. The van der Waals surface area contributed by atoms with E-state index in [1.54, 1.807) is 22.6 Å². The van der Waals surface area contributed by atoms with Crippen molar-refractivity contribution in [3.8, 4) is 11.6 Å². The molecular weight excluding hydrogens is 299 g/mol. The largest absolute Gasteiger partial charge is 0.436 e. The minimum Gasteiger partial charge on any atom is -0.436 e. The summed E-state index contributed by atoms with van der Waals surface area (Å²) in [5, 5.41) is 10.4. The standard InChI is InChI=1S/C14H10Cl2N2O2/c15-9-4-5-12(10(16)7-9)20-14-11(8-19)18-6-2-1-3-13(18)17-14/h1-7,19H,8H2. The van der Waals surface area contributed by atoms with Gasteiger partial charge in [0.2, 0.25) is 5.88 Å². The third-order valence-electron chi connectivity index (χ3n) is 2.84. The van der Waals surface area contributed by atoms with Crippen LogP contribution in [0.3, 0.4) is 0 Å². The van der Waals surface area contributed by atoms with Crippen molar-refractivity contribution in [2.24, 2.45) is 0 Å². The Morgan fingerprint density at radius 1 is 1.20 bits per heavy atom. The summed E-state index contributed by atoms with van der Waals surface area (Å²) < 4.78 is 7.45. The zero-order valence-electron chi connectivity index (χ0n) is 10.3. The van der Waals surface area contributed by atoms with Crippen LogP contribution in [0.2, 0.25) is 10.0 Å². The van der Waals surface area contributed by atoms with Crippen LogP contribution in [0.1, 0.15) is 5.69 Å². The molecule has 1 aromatic carbocycles. The number of aliphatic hydroxyl groups excluding tert-OH is 1. The first kappa shape index (κ1) is 13.2. The molecule has 0 spiro atoms. The number of nitrogens with zero attached hydrogens (tertiary/aromatic N) is 2. The normalized spacial score (nSPS) is 10.9. The van der Waals surface area contributed by atoms with Crippen LogP contribution in [0, 0.1) is 0 Å². The molecule has 3 aromatic rings. The fraction of sp³-hybridized carbons (Fsp3) is 0.0714. The highest BCUT2D eigenvalue weighted by Gasteiger charge is 2.14. The summed E-state index contributed by atoms with van der Waals surface area (Å²) >= 11 is 11.9. The molecule has 20 heavy (non-hydrogen) atoms. The summed E-state index contributed by atoms with van der Waals surface area (Å²) in [6, 6.07) is 10.5. The van der Waals surface area contributed by atoms with Gasteiger partial charge in [-0.2, -0.15) is 4.98 Å². The maximum Gasteiger partial charge on any atom is 0.243 e. The molecule has 0 atom stereocenters. The van der Waals surface area contributed by atoms with Crippen molar-refractivity contribution < 1.29 is 9.84 Å². The van der Waals surface area contributed by atoms with Crippen LogP contribution in [0.4, 0.5) is 0 Å². The van der Waals surface area contributed by atoms with Gasteiger partial charge in [-0.1, -0.05) is 29.3 Å². The van der Waals surface area contributed by atoms with Gasteiger partial charge in [0.05, 0.1) is 11.6 Å². The second kappa shape index (κ2) is 5.32. The van der Waals surface area contributed by atoms with E-state index in [0.29, 0.717) is 33.0 Å². The number of hydrogen-bond donors (Lipinski definition) is 1. The molecule has 0 aliphatic carbocycles. The number of aromatic nitrogens is 2. The van der Waals surface area contributed by atoms with Crippen LogP contribution in [0.5, 0.6) is 11.6 Å². The van der Waals surface area contributed by atoms with Crippen molar-refractivity contribution in [3.05, 3.63) is 58.3 Å². The van der Waals surface area contributed by atoms with Crippen LogP contribution in [-0.2, 0) is 6.61 Å². The molecule has 3 rings (SSSR count). The number of halogens is 2. The summed E-state index contributed by atoms with van der Waals surface area (Å²) in [5.74, 6) is 0.761. The summed E-state index contributed by atoms with van der Waals surface area (Å²) in [6.45, 7) is -0.189. The van der Waals surface area contributed by atoms with Crippen LogP contribution in [0.15, 0.2) is 42.6 Å². The van der Waals surface area contributed by atoms with Gasteiger partial charge < -0.3 is 9.84 Å². The highest BCUT2D eigenvalue weighted by molar-refractivity contribution is 6.35. The van der Waals surface area contributed by atoms with Gasteiger partial charge in [-0.25, -0.2) is 0 Å². The summed E-state index contributed by atoms with van der Waals surface area (Å²) in [7, 11) is 0. The van der Waals surface area contributed by atoms with E-state index in [2.05, 4.69) is 4.98 Å². The molecule has 0 fully saturated rings. The molecule has 0 amide bonds. The lowest BCUT2D eigenvalue weighted by atomic mass is 10.3. The fourth-order valence-electron chi connectivity index (χ4n) is 1.91. The van der Waals surface area contributed by atoms with Crippen LogP contribution in [0.25, 0.3) is 5.65 Å². The molecule has 2 heterocycles. The molecule has 0 unspecified atom stereocenters. The van der Waals surface area contributed by atoms with Gasteiger partial charge in [-0.15, -0.1) is 0 Å². The van der Waals surface area contributed by atoms with Crippen LogP contribution in [-0.4, -0.2) is 14.5 Å². The Kier molecular flexibility index (Phi) is 3.53. The van der Waals surface area contributed by atoms with E-state index < -0.39 is 0 Å². The van der Waals surface area contributed by atoms with Crippen molar-refractivity contribution in [2.75, 3.05) is 0 Å². The number of fused-ring (bicyclic) bond motifs is 1. The summed E-state index contributed by atoms with van der Waals surface area (Å²) in [6.07, 6.45) is 1.81. The Bertz CT molecular complexity index is 771. The Morgan fingerprint density at radius 3 is 2.80 bits per heavy atom. The van der Waals surface area contributed by atoms with Gasteiger partial charge in [0.15, 0.2) is 0 Å². The van der Waals surface area contributed by atoms with E-state index in [4.69, 9.17) is 27.9 Å². The Hall–Kier alpha value is -1.75. The molecule has 0 saturated heterocycles. The van der Waals surface area contributed by atoms with Crippen molar-refractivity contribution >= 4 is 28.8 Å². The smallest absolute Gasteiger partial charge is 0.243 e. The van der Waals surface area contributed by atoms with Gasteiger partial charge in [0, 0.05) is 11.2 Å². The van der Waals surface area contributed by atoms with Crippen LogP contribution < -0.4 is 4.74 Å². The molecule has 4 nitrogen and oxygen atoms in total. The SMILES string of the molecule is OCc1c(Oc2ccc(Cl)cc2Cl)nc2ccccn12. The van der Waals surface area contributed by atoms with Crippen LogP contribution >= 0.6 is 23.2 Å². The molecule has 0 radical (unpaired) electrons. The maximum atomic E-state index is 9.50. The Balaban J connectivity index is 2.06. The molecule has 0 aliphatic heterocycles. The number of benzene rings is 1. The third kappa shape index (κ3) is 2.33. The lowest BCUT2D eigenvalue weighted by Gasteiger charge is -2.06. The van der Waals surface area contributed by atoms with Gasteiger partial charge >= 0.3 is 0 Å². The predicted octanol–water partition coefficient (Wildman–Crippen LogP) is 3.93. The predicted molar refractivity (Wildman–Crippen MR) is 77.7 cm³/mol. The van der Waals surface area contributed by atoms with Gasteiger partial charge in [0.25, 0.3) is 0 Å². The van der Waals surface area contributed by atoms with E-state index in [9.17, 15) is 5.11 Å². The van der Waals surface area contributed by atoms with Crippen molar-refractivity contribution in [2.45, 2.75) is 6.61 Å². The lowest BCUT2D eigenvalue weighted by Crippen LogP contribution is -1.94. The first-order valence-electron chi connectivity index (χ1n) is 5.89. The van der Waals surface area contributed by atoms with E-state index in [-0.39, 0.29) is 6.61 Å². The quantitative estimate of drug-likeness (QED) is 0.797. The third-order valence-corrected chi connectivity index (χ3v) is 3.37. The first-order valence-corrected chi connectivity index (χ1v) is 6.64. The molecule has 2 aromatic heterocycles. The first-order chi connectivity index (χ1) is 9.69. The van der Waals surface area contributed by atoms with Gasteiger partial charge in [0.1, 0.15) is 17.1 Å². The highest BCUT2D eigenvalue weighted by atomic mass is 35.5. The molecule has 1 N–H and O–H groups in total. The Labute approximate surface area is 125 Å². The van der Waals surface area contributed by atoms with Gasteiger partial charge in [-0.05, 0) is 30.3 Å². The molecular formula is C14H10Cl2N2O2. The zero-order chi connectivity index (χ0) is 14.1. The minimum absolute atomic E-state index is 0.189. The summed E-state index contributed by atoms with van der Waals surface area (Å²) in [5.41, 5.74) is 1.25. The number of aliphatic hydroxyl groups is 1.